The highest BCUT2D eigenvalue weighted by molar-refractivity contribution is 7.07. The first kappa shape index (κ1) is 11.5. The quantitative estimate of drug-likeness (QED) is 0.796. The summed E-state index contributed by atoms with van der Waals surface area (Å²) in [6, 6.07) is 3.65. The maximum atomic E-state index is 11.9. The molecule has 0 saturated carbocycles. The predicted molar refractivity (Wildman–Crippen MR) is 68.2 cm³/mol. The molecule has 88 valence electrons. The number of amides is 1. The van der Waals surface area contributed by atoms with E-state index in [-0.39, 0.29) is 5.91 Å². The molecule has 2 rings (SSSR count). The van der Waals surface area contributed by atoms with Crippen molar-refractivity contribution in [3.05, 3.63) is 34.3 Å². The van der Waals surface area contributed by atoms with Crippen molar-refractivity contribution in [3.63, 3.8) is 0 Å². The first-order chi connectivity index (χ1) is 8.08. The van der Waals surface area contributed by atoms with E-state index in [1.165, 1.54) is 6.20 Å². The second kappa shape index (κ2) is 4.50. The average molecular weight is 248 g/mol. The molecule has 0 aliphatic carbocycles. The van der Waals surface area contributed by atoms with Gasteiger partial charge in [-0.05, 0) is 48.6 Å². The van der Waals surface area contributed by atoms with Crippen molar-refractivity contribution in [1.82, 2.24) is 9.59 Å². The molecule has 1 aromatic carbocycles. The van der Waals surface area contributed by atoms with Gasteiger partial charge in [-0.2, -0.15) is 0 Å². The third-order valence-electron chi connectivity index (χ3n) is 2.38. The van der Waals surface area contributed by atoms with E-state index in [4.69, 9.17) is 5.73 Å². The van der Waals surface area contributed by atoms with Crippen LogP contribution in [0.1, 0.15) is 20.8 Å². The Hall–Kier alpha value is -1.95. The predicted octanol–water partition coefficient (Wildman–Crippen LogP) is 1.99. The fourth-order valence-electron chi connectivity index (χ4n) is 1.64. The molecule has 5 nitrogen and oxygen atoms in total. The smallest absolute Gasteiger partial charge is 0.269 e. The van der Waals surface area contributed by atoms with E-state index in [2.05, 4.69) is 14.9 Å². The third-order valence-corrected chi connectivity index (χ3v) is 3.04. The maximum absolute atomic E-state index is 11.9. The number of nitrogens with zero attached hydrogens (tertiary/aromatic N) is 2. The minimum atomic E-state index is -0.198. The molecule has 0 radical (unpaired) electrons. The summed E-state index contributed by atoms with van der Waals surface area (Å²) in [4.78, 5) is 12.3. The van der Waals surface area contributed by atoms with Gasteiger partial charge in [0.15, 0.2) is 0 Å². The molecule has 1 aromatic heterocycles. The first-order valence-electron chi connectivity index (χ1n) is 5.03. The Balaban J connectivity index is 2.28. The van der Waals surface area contributed by atoms with E-state index in [1.54, 1.807) is 0 Å². The van der Waals surface area contributed by atoms with Gasteiger partial charge >= 0.3 is 0 Å². The van der Waals surface area contributed by atoms with Gasteiger partial charge in [-0.3, -0.25) is 4.79 Å². The van der Waals surface area contributed by atoms with Crippen LogP contribution >= 0.6 is 11.5 Å². The van der Waals surface area contributed by atoms with Crippen molar-refractivity contribution in [2.75, 3.05) is 11.1 Å². The lowest BCUT2D eigenvalue weighted by atomic mass is 10.1. The van der Waals surface area contributed by atoms with Gasteiger partial charge in [-0.15, -0.1) is 5.10 Å². The van der Waals surface area contributed by atoms with Crippen LogP contribution in [0, 0.1) is 13.8 Å². The van der Waals surface area contributed by atoms with E-state index in [9.17, 15) is 4.79 Å². The highest BCUT2D eigenvalue weighted by atomic mass is 32.1. The van der Waals surface area contributed by atoms with Crippen LogP contribution in [0.5, 0.6) is 0 Å². The second-order valence-electron chi connectivity index (χ2n) is 3.77. The number of hydrogen-bond donors (Lipinski definition) is 2. The summed E-state index contributed by atoms with van der Waals surface area (Å²) in [6.45, 7) is 3.81. The molecule has 0 aliphatic heterocycles. The van der Waals surface area contributed by atoms with Gasteiger partial charge < -0.3 is 11.1 Å². The van der Waals surface area contributed by atoms with Crippen LogP contribution in [-0.2, 0) is 0 Å². The monoisotopic (exact) mass is 248 g/mol. The summed E-state index contributed by atoms with van der Waals surface area (Å²) < 4.78 is 3.65. The topological polar surface area (TPSA) is 80.9 Å². The zero-order valence-electron chi connectivity index (χ0n) is 9.52. The molecular weight excluding hydrogens is 236 g/mol. The van der Waals surface area contributed by atoms with E-state index in [0.29, 0.717) is 10.6 Å². The van der Waals surface area contributed by atoms with Crippen molar-refractivity contribution >= 4 is 28.8 Å². The van der Waals surface area contributed by atoms with Crippen LogP contribution in [0.2, 0.25) is 0 Å². The van der Waals surface area contributed by atoms with Crippen LogP contribution in [-0.4, -0.2) is 15.5 Å². The molecule has 1 amide bonds. The van der Waals surface area contributed by atoms with Crippen LogP contribution in [0.15, 0.2) is 18.3 Å². The molecule has 17 heavy (non-hydrogen) atoms. The van der Waals surface area contributed by atoms with Crippen molar-refractivity contribution in [2.24, 2.45) is 0 Å². The number of hydrogen-bond acceptors (Lipinski definition) is 5. The number of aryl methyl sites for hydroxylation is 2. The van der Waals surface area contributed by atoms with Gasteiger partial charge in [-0.25, -0.2) is 0 Å². The Labute approximate surface area is 103 Å². The summed E-state index contributed by atoms with van der Waals surface area (Å²) in [7, 11) is 0. The Morgan fingerprint density at radius 3 is 2.53 bits per heavy atom. The van der Waals surface area contributed by atoms with Crippen molar-refractivity contribution in [2.45, 2.75) is 13.8 Å². The standard InChI is InChI=1S/C11H12N4OS/c1-6-3-8(12)4-7(2)10(6)14-11(16)9-5-13-15-17-9/h3-5H,12H2,1-2H3,(H,14,16). The molecule has 0 fully saturated rings. The fraction of sp³-hybridized carbons (Fsp3) is 0.182. The zero-order chi connectivity index (χ0) is 12.4. The van der Waals surface area contributed by atoms with Crippen molar-refractivity contribution in [1.29, 1.82) is 0 Å². The number of nitrogen functional groups attached to an aromatic ring is 1. The molecule has 1 heterocycles. The van der Waals surface area contributed by atoms with Gasteiger partial charge in [-0.1, -0.05) is 4.49 Å². The molecule has 0 spiro atoms. The van der Waals surface area contributed by atoms with E-state index >= 15 is 0 Å². The van der Waals surface area contributed by atoms with Gasteiger partial charge in [0.1, 0.15) is 4.88 Å². The number of carbonyl (C=O) groups excluding carboxylic acids is 1. The van der Waals surface area contributed by atoms with E-state index in [1.807, 2.05) is 26.0 Å². The minimum Gasteiger partial charge on any atom is -0.399 e. The number of carbonyl (C=O) groups is 1. The third kappa shape index (κ3) is 2.42. The first-order valence-corrected chi connectivity index (χ1v) is 5.80. The largest absolute Gasteiger partial charge is 0.399 e. The number of rotatable bonds is 2. The number of anilines is 2. The number of aromatic nitrogens is 2. The highest BCUT2D eigenvalue weighted by Crippen LogP contribution is 2.24. The summed E-state index contributed by atoms with van der Waals surface area (Å²) in [5, 5.41) is 6.48. The molecule has 0 atom stereocenters. The molecule has 0 saturated heterocycles. The fourth-order valence-corrected chi connectivity index (χ4v) is 2.05. The summed E-state index contributed by atoms with van der Waals surface area (Å²) >= 11 is 1.07. The maximum Gasteiger partial charge on any atom is 0.269 e. The van der Waals surface area contributed by atoms with Crippen LogP contribution in [0.4, 0.5) is 11.4 Å². The summed E-state index contributed by atoms with van der Waals surface area (Å²) in [6.07, 6.45) is 1.45. The van der Waals surface area contributed by atoms with Gasteiger partial charge in [0.05, 0.1) is 6.20 Å². The lowest BCUT2D eigenvalue weighted by molar-refractivity contribution is 0.103. The number of benzene rings is 1. The molecule has 0 bridgehead atoms. The molecule has 0 aliphatic rings. The Kier molecular flexibility index (Phi) is 3.06. The van der Waals surface area contributed by atoms with Crippen molar-refractivity contribution < 1.29 is 4.79 Å². The van der Waals surface area contributed by atoms with Gasteiger partial charge in [0, 0.05) is 11.4 Å². The zero-order valence-corrected chi connectivity index (χ0v) is 10.3. The summed E-state index contributed by atoms with van der Waals surface area (Å²) in [5.41, 5.74) is 9.08. The minimum absolute atomic E-state index is 0.198. The SMILES string of the molecule is Cc1cc(N)cc(C)c1NC(=O)c1cnns1. The highest BCUT2D eigenvalue weighted by Gasteiger charge is 2.12. The molecule has 3 N–H and O–H groups in total. The summed E-state index contributed by atoms with van der Waals surface area (Å²) in [5.74, 6) is -0.198. The number of nitrogens with two attached hydrogens (primary N) is 1. The lowest BCUT2D eigenvalue weighted by Gasteiger charge is -2.11. The Bertz CT molecular complexity index is 528. The average Bonchev–Trinajstić information content (AvgIpc) is 2.76. The van der Waals surface area contributed by atoms with Gasteiger partial charge in [0.25, 0.3) is 5.91 Å². The lowest BCUT2D eigenvalue weighted by Crippen LogP contribution is -2.12. The second-order valence-corrected chi connectivity index (χ2v) is 4.55. The van der Waals surface area contributed by atoms with E-state index in [0.717, 1.165) is 28.3 Å². The van der Waals surface area contributed by atoms with Crippen molar-refractivity contribution in [3.8, 4) is 0 Å². The van der Waals surface area contributed by atoms with Crippen LogP contribution < -0.4 is 11.1 Å². The van der Waals surface area contributed by atoms with Crippen LogP contribution in [0.25, 0.3) is 0 Å². The number of nitrogens with one attached hydrogen (secondary N) is 1. The molecular formula is C11H12N4OS. The van der Waals surface area contributed by atoms with E-state index < -0.39 is 0 Å². The molecule has 0 unspecified atom stereocenters. The normalized spacial score (nSPS) is 10.2. The Morgan fingerprint density at radius 2 is 2.00 bits per heavy atom. The molecule has 6 heteroatoms. The Morgan fingerprint density at radius 1 is 1.35 bits per heavy atom. The van der Waals surface area contributed by atoms with Crippen LogP contribution in [0.3, 0.4) is 0 Å². The molecule has 2 aromatic rings. The van der Waals surface area contributed by atoms with Gasteiger partial charge in [0.2, 0.25) is 0 Å².